The van der Waals surface area contributed by atoms with Crippen LogP contribution in [0.3, 0.4) is 0 Å². The molecule has 0 saturated heterocycles. The number of nitro groups is 2. The van der Waals surface area contributed by atoms with Crippen molar-refractivity contribution in [3.05, 3.63) is 91.5 Å². The van der Waals surface area contributed by atoms with E-state index >= 15 is 0 Å². The molecule has 3 aromatic rings. The summed E-state index contributed by atoms with van der Waals surface area (Å²) in [5.74, 6) is 0. The molecule has 240 valence electrons. The van der Waals surface area contributed by atoms with Crippen LogP contribution in [0.5, 0.6) is 0 Å². The molecule has 0 atom stereocenters. The minimum atomic E-state index is -0.439. The van der Waals surface area contributed by atoms with Crippen LogP contribution >= 0.6 is 15.9 Å². The third-order valence-corrected chi connectivity index (χ3v) is 6.34. The Kier molecular flexibility index (Phi) is 20.9. The molecular formula is C32H51BrN6O4. The second kappa shape index (κ2) is 21.8. The molecule has 43 heavy (non-hydrogen) atoms. The minimum Gasteiger partial charge on any atom is -0.399 e. The summed E-state index contributed by atoms with van der Waals surface area (Å²) in [6.07, 6.45) is 0. The van der Waals surface area contributed by atoms with Crippen LogP contribution in [-0.4, -0.2) is 41.4 Å². The SMILES string of the molecule is C.CCBr.CCN(CC)c1ccc(C)c(N)c1.CCN(CC)c1ccc(C)c([N+](=O)[O-])c1.Cc1ccc(N)cc1[N+](=O)[O-]. The molecule has 10 nitrogen and oxygen atoms in total. The summed E-state index contributed by atoms with van der Waals surface area (Å²) >= 11 is 3.15. The summed E-state index contributed by atoms with van der Waals surface area (Å²) in [5, 5.41) is 22.1. The Balaban J connectivity index is 0. The number of nitrogens with two attached hydrogens (primary N) is 2. The number of nitro benzene ring substituents is 2. The van der Waals surface area contributed by atoms with Gasteiger partial charge >= 0.3 is 0 Å². The monoisotopic (exact) mass is 662 g/mol. The van der Waals surface area contributed by atoms with Gasteiger partial charge in [-0.2, -0.15) is 0 Å². The number of nitrogen functional groups attached to an aromatic ring is 2. The van der Waals surface area contributed by atoms with Gasteiger partial charge in [0.25, 0.3) is 11.4 Å². The van der Waals surface area contributed by atoms with Gasteiger partial charge in [-0.15, -0.1) is 0 Å². The molecule has 11 heteroatoms. The van der Waals surface area contributed by atoms with Crippen molar-refractivity contribution >= 4 is 50.1 Å². The first-order valence-corrected chi connectivity index (χ1v) is 15.1. The van der Waals surface area contributed by atoms with E-state index in [0.717, 1.165) is 48.4 Å². The van der Waals surface area contributed by atoms with Crippen LogP contribution in [0.25, 0.3) is 0 Å². The molecule has 0 aliphatic carbocycles. The summed E-state index contributed by atoms with van der Waals surface area (Å²) in [5.41, 5.74) is 17.4. The van der Waals surface area contributed by atoms with Crippen LogP contribution in [0.15, 0.2) is 54.6 Å². The Labute approximate surface area is 266 Å². The maximum atomic E-state index is 10.8. The molecule has 0 spiro atoms. The van der Waals surface area contributed by atoms with Gasteiger partial charge in [-0.1, -0.05) is 48.5 Å². The molecule has 0 aliphatic heterocycles. The number of anilines is 4. The molecule has 0 aliphatic rings. The molecule has 3 aromatic carbocycles. The van der Waals surface area contributed by atoms with E-state index < -0.39 is 4.92 Å². The number of halogens is 1. The number of hydrogen-bond acceptors (Lipinski definition) is 8. The van der Waals surface area contributed by atoms with Crippen molar-refractivity contribution in [1.29, 1.82) is 0 Å². The normalized spacial score (nSPS) is 9.42. The summed E-state index contributed by atoms with van der Waals surface area (Å²) < 4.78 is 0. The fourth-order valence-electron chi connectivity index (χ4n) is 3.82. The first-order valence-electron chi connectivity index (χ1n) is 14.0. The zero-order chi connectivity index (χ0) is 32.4. The van der Waals surface area contributed by atoms with E-state index in [2.05, 4.69) is 51.7 Å². The van der Waals surface area contributed by atoms with Crippen molar-refractivity contribution in [2.75, 3.05) is 52.8 Å². The Morgan fingerprint density at radius 1 is 0.651 bits per heavy atom. The molecule has 4 N–H and O–H groups in total. The van der Waals surface area contributed by atoms with Gasteiger partial charge in [-0.3, -0.25) is 20.2 Å². The van der Waals surface area contributed by atoms with Gasteiger partial charge in [0.2, 0.25) is 0 Å². The summed E-state index contributed by atoms with van der Waals surface area (Å²) in [4.78, 5) is 24.7. The summed E-state index contributed by atoms with van der Waals surface area (Å²) in [6, 6.07) is 16.2. The van der Waals surface area contributed by atoms with E-state index in [4.69, 9.17) is 11.5 Å². The lowest BCUT2D eigenvalue weighted by atomic mass is 10.1. The minimum absolute atomic E-state index is 0. The largest absolute Gasteiger partial charge is 0.399 e. The van der Waals surface area contributed by atoms with E-state index in [1.165, 1.54) is 11.8 Å². The lowest BCUT2D eigenvalue weighted by Gasteiger charge is -2.21. The van der Waals surface area contributed by atoms with E-state index in [0.29, 0.717) is 16.8 Å². The van der Waals surface area contributed by atoms with Gasteiger partial charge in [0.1, 0.15) is 0 Å². The maximum Gasteiger partial charge on any atom is 0.274 e. The van der Waals surface area contributed by atoms with Crippen molar-refractivity contribution in [3.63, 3.8) is 0 Å². The first-order chi connectivity index (χ1) is 19.8. The lowest BCUT2D eigenvalue weighted by Crippen LogP contribution is -2.21. The highest BCUT2D eigenvalue weighted by Crippen LogP contribution is 2.25. The predicted octanol–water partition coefficient (Wildman–Crippen LogP) is 8.70. The number of alkyl halides is 1. The standard InChI is InChI=1S/C11H16N2O2.C11H18N2.C7H8N2O2.C2H5Br.CH4/c1-4-12(5-2)10-7-6-9(3)11(8-10)13(14)15;1-4-13(5-2)10-7-6-9(3)11(12)8-10;1-5-2-3-6(8)4-7(5)9(10)11;1-2-3;/h6-8H,4-5H2,1-3H3;6-8H,4-5,12H2,1-3H3;2-4H,8H2,1H3;2H2,1H3;1H4. The van der Waals surface area contributed by atoms with Crippen LogP contribution < -0.4 is 21.3 Å². The van der Waals surface area contributed by atoms with Crippen LogP contribution in [0.4, 0.5) is 34.1 Å². The highest BCUT2D eigenvalue weighted by Gasteiger charge is 2.13. The average molecular weight is 664 g/mol. The predicted molar refractivity (Wildman–Crippen MR) is 189 cm³/mol. The molecule has 0 aromatic heterocycles. The van der Waals surface area contributed by atoms with Crippen LogP contribution in [0, 0.1) is 41.0 Å². The fourth-order valence-corrected chi connectivity index (χ4v) is 3.82. The Hall–Kier alpha value is -3.86. The smallest absolute Gasteiger partial charge is 0.274 e. The third-order valence-electron chi connectivity index (χ3n) is 6.34. The Morgan fingerprint density at radius 3 is 1.35 bits per heavy atom. The van der Waals surface area contributed by atoms with Crippen molar-refractivity contribution in [2.45, 2.75) is 62.8 Å². The summed E-state index contributed by atoms with van der Waals surface area (Å²) in [6.45, 7) is 19.7. The molecule has 3 rings (SSSR count). The second-order valence-corrected chi connectivity index (χ2v) is 10.3. The van der Waals surface area contributed by atoms with Crippen molar-refractivity contribution in [2.24, 2.45) is 0 Å². The summed E-state index contributed by atoms with van der Waals surface area (Å²) in [7, 11) is 0. The van der Waals surface area contributed by atoms with Crippen LogP contribution in [-0.2, 0) is 0 Å². The molecule has 0 amide bonds. The van der Waals surface area contributed by atoms with Gasteiger partial charge < -0.3 is 21.3 Å². The second-order valence-electron chi connectivity index (χ2n) is 9.18. The first kappa shape index (κ1) is 41.3. The van der Waals surface area contributed by atoms with Gasteiger partial charge in [0.05, 0.1) is 9.85 Å². The average Bonchev–Trinajstić information content (AvgIpc) is 2.95. The highest BCUT2D eigenvalue weighted by atomic mass is 79.9. The van der Waals surface area contributed by atoms with Gasteiger partial charge in [-0.25, -0.2) is 0 Å². The van der Waals surface area contributed by atoms with Gasteiger partial charge in [0.15, 0.2) is 0 Å². The van der Waals surface area contributed by atoms with Gasteiger partial charge in [0, 0.05) is 77.5 Å². The van der Waals surface area contributed by atoms with Crippen LogP contribution in [0.2, 0.25) is 0 Å². The van der Waals surface area contributed by atoms with E-state index in [1.807, 2.05) is 39.8 Å². The Morgan fingerprint density at radius 2 is 1.00 bits per heavy atom. The van der Waals surface area contributed by atoms with E-state index in [9.17, 15) is 20.2 Å². The molecule has 0 radical (unpaired) electrons. The Bertz CT molecular complexity index is 1260. The zero-order valence-electron chi connectivity index (χ0n) is 26.2. The quantitative estimate of drug-likeness (QED) is 0.105. The zero-order valence-corrected chi connectivity index (χ0v) is 27.8. The molecule has 0 fully saturated rings. The number of rotatable bonds is 8. The van der Waals surface area contributed by atoms with Gasteiger partial charge in [-0.05, 0) is 78.3 Å². The van der Waals surface area contributed by atoms with Crippen molar-refractivity contribution < 1.29 is 9.85 Å². The number of nitrogens with zero attached hydrogens (tertiary/aromatic N) is 4. The molecule has 0 heterocycles. The molecule has 0 bridgehead atoms. The molecular weight excluding hydrogens is 612 g/mol. The molecule has 0 saturated carbocycles. The topological polar surface area (TPSA) is 145 Å². The van der Waals surface area contributed by atoms with Crippen molar-refractivity contribution in [1.82, 2.24) is 0 Å². The highest BCUT2D eigenvalue weighted by molar-refractivity contribution is 9.09. The number of benzene rings is 3. The maximum absolute atomic E-state index is 10.8. The fraction of sp³-hybridized carbons (Fsp3) is 0.438. The lowest BCUT2D eigenvalue weighted by molar-refractivity contribution is -0.385. The number of hydrogen-bond donors (Lipinski definition) is 2. The van der Waals surface area contributed by atoms with E-state index in [-0.39, 0.29) is 23.7 Å². The molecule has 0 unspecified atom stereocenters. The van der Waals surface area contributed by atoms with Crippen LogP contribution in [0.1, 0.15) is 58.7 Å². The van der Waals surface area contributed by atoms with E-state index in [1.54, 1.807) is 38.1 Å². The third kappa shape index (κ3) is 14.2. The number of aryl methyl sites for hydroxylation is 3. The van der Waals surface area contributed by atoms with Crippen molar-refractivity contribution in [3.8, 4) is 0 Å².